The van der Waals surface area contributed by atoms with Gasteiger partial charge in [-0.15, -0.1) is 11.6 Å². The summed E-state index contributed by atoms with van der Waals surface area (Å²) in [5.74, 6) is -1.58. The van der Waals surface area contributed by atoms with Gasteiger partial charge < -0.3 is 15.0 Å². The molecule has 0 bridgehead atoms. The highest BCUT2D eigenvalue weighted by molar-refractivity contribution is 9.10. The third-order valence-electron chi connectivity index (χ3n) is 3.11. The Morgan fingerprint density at radius 2 is 1.96 bits per heavy atom. The third kappa shape index (κ3) is 7.92. The molecule has 0 aliphatic carbocycles. The lowest BCUT2D eigenvalue weighted by atomic mass is 10.1. The number of ether oxygens (including phenoxy) is 1. The maximum absolute atomic E-state index is 13.7. The summed E-state index contributed by atoms with van der Waals surface area (Å²) >= 11 is 8.58. The first kappa shape index (κ1) is 23.5. The highest BCUT2D eigenvalue weighted by Gasteiger charge is 2.47. The minimum Gasteiger partial charge on any atom is -0.444 e. The monoisotopic (exact) mass is 473 g/mol. The summed E-state index contributed by atoms with van der Waals surface area (Å²) in [5.41, 5.74) is -1.12. The molecular weight excluding hydrogens is 455 g/mol. The Labute approximate surface area is 168 Å². The molecule has 1 N–H and O–H groups in total. The van der Waals surface area contributed by atoms with E-state index >= 15 is 0 Å². The van der Waals surface area contributed by atoms with E-state index in [1.54, 1.807) is 20.8 Å². The van der Waals surface area contributed by atoms with Crippen LogP contribution in [0.4, 0.5) is 18.0 Å². The van der Waals surface area contributed by atoms with Gasteiger partial charge in [0.15, 0.2) is 6.04 Å². The quantitative estimate of drug-likeness (QED) is 0.632. The number of hydrogen-bond donors (Lipinski definition) is 1. The molecular formula is C16H20BrClF3N3O3. The summed E-state index contributed by atoms with van der Waals surface area (Å²) in [6, 6.07) is 0.263. The molecule has 2 amide bonds. The van der Waals surface area contributed by atoms with Crippen LogP contribution in [0.1, 0.15) is 32.5 Å². The molecule has 1 aromatic heterocycles. The zero-order chi connectivity index (χ0) is 20.8. The molecule has 1 heterocycles. The summed E-state index contributed by atoms with van der Waals surface area (Å²) in [7, 11) is 0. The molecule has 1 unspecified atom stereocenters. The van der Waals surface area contributed by atoms with Gasteiger partial charge in [0.2, 0.25) is 5.91 Å². The van der Waals surface area contributed by atoms with E-state index in [9.17, 15) is 22.8 Å². The first-order valence-electron chi connectivity index (χ1n) is 7.85. The normalized spacial score (nSPS) is 13.0. The van der Waals surface area contributed by atoms with E-state index in [0.717, 1.165) is 6.07 Å². The van der Waals surface area contributed by atoms with Crippen LogP contribution in [0.2, 0.25) is 0 Å². The molecule has 0 fully saturated rings. The number of carbonyl (C=O) groups excluding carboxylic acids is 2. The second kappa shape index (κ2) is 9.59. The Balaban J connectivity index is 2.99. The predicted octanol–water partition coefficient (Wildman–Crippen LogP) is 4.04. The second-order valence-electron chi connectivity index (χ2n) is 6.49. The van der Waals surface area contributed by atoms with E-state index < -0.39 is 42.2 Å². The number of alkyl halides is 4. The van der Waals surface area contributed by atoms with Gasteiger partial charge >= 0.3 is 12.3 Å². The van der Waals surface area contributed by atoms with Crippen molar-refractivity contribution >= 4 is 39.5 Å². The van der Waals surface area contributed by atoms with Crippen molar-refractivity contribution in [1.29, 1.82) is 0 Å². The number of hydrogen-bond acceptors (Lipinski definition) is 4. The van der Waals surface area contributed by atoms with Crippen molar-refractivity contribution < 1.29 is 27.5 Å². The summed E-state index contributed by atoms with van der Waals surface area (Å²) in [4.78, 5) is 28.0. The molecule has 1 rings (SSSR count). The van der Waals surface area contributed by atoms with Gasteiger partial charge in [-0.05, 0) is 48.8 Å². The molecule has 6 nitrogen and oxygen atoms in total. The topological polar surface area (TPSA) is 71.5 Å². The van der Waals surface area contributed by atoms with Crippen molar-refractivity contribution in [3.8, 4) is 0 Å². The van der Waals surface area contributed by atoms with Crippen LogP contribution in [0.25, 0.3) is 0 Å². The zero-order valence-corrected chi connectivity index (χ0v) is 17.3. The predicted molar refractivity (Wildman–Crippen MR) is 97.4 cm³/mol. The summed E-state index contributed by atoms with van der Waals surface area (Å²) in [5, 5.41) is 2.32. The van der Waals surface area contributed by atoms with E-state index in [1.165, 1.54) is 12.3 Å². The summed E-state index contributed by atoms with van der Waals surface area (Å²) in [6.07, 6.45) is -4.38. The van der Waals surface area contributed by atoms with E-state index in [4.69, 9.17) is 16.3 Å². The number of amides is 2. The van der Waals surface area contributed by atoms with Crippen LogP contribution in [0.3, 0.4) is 0 Å². The molecule has 0 aliphatic heterocycles. The number of alkyl carbamates (subject to hydrolysis) is 1. The Hall–Kier alpha value is -1.55. The van der Waals surface area contributed by atoms with Crippen LogP contribution in [-0.4, -0.2) is 52.6 Å². The summed E-state index contributed by atoms with van der Waals surface area (Å²) in [6.45, 7) is 4.27. The largest absolute Gasteiger partial charge is 0.444 e. The number of nitrogens with zero attached hydrogens (tertiary/aromatic N) is 2. The Morgan fingerprint density at radius 3 is 2.41 bits per heavy atom. The van der Waals surface area contributed by atoms with Crippen LogP contribution in [0, 0.1) is 0 Å². The highest BCUT2D eigenvalue weighted by atomic mass is 79.9. The molecule has 0 aliphatic rings. The van der Waals surface area contributed by atoms with Gasteiger partial charge in [0.1, 0.15) is 11.5 Å². The average Bonchev–Trinajstić information content (AvgIpc) is 2.52. The fourth-order valence-electron chi connectivity index (χ4n) is 2.12. The first-order chi connectivity index (χ1) is 12.3. The SMILES string of the molecule is CC(C)(C)OC(=O)NCCN(C(=O)CCl)C(c1ccc(Br)cn1)C(F)(F)F. The van der Waals surface area contributed by atoms with E-state index in [0.29, 0.717) is 9.37 Å². The highest BCUT2D eigenvalue weighted by Crippen LogP contribution is 2.37. The smallest absolute Gasteiger partial charge is 0.414 e. The second-order valence-corrected chi connectivity index (χ2v) is 7.68. The van der Waals surface area contributed by atoms with Crippen LogP contribution in [0.15, 0.2) is 22.8 Å². The standard InChI is InChI=1S/C16H20BrClF3N3O3/c1-15(2,3)27-14(26)22-6-7-24(12(25)8-18)13(16(19,20)21)11-5-4-10(17)9-23-11/h4-5,9,13H,6-8H2,1-3H3,(H,22,26). The minimum atomic E-state index is -4.78. The van der Waals surface area contributed by atoms with Crippen molar-refractivity contribution in [1.82, 2.24) is 15.2 Å². The Morgan fingerprint density at radius 1 is 1.33 bits per heavy atom. The molecule has 0 spiro atoms. The van der Waals surface area contributed by atoms with Crippen molar-refractivity contribution in [2.24, 2.45) is 0 Å². The van der Waals surface area contributed by atoms with Gasteiger partial charge in [0, 0.05) is 23.8 Å². The Bertz CT molecular complexity index is 651. The fourth-order valence-corrected chi connectivity index (χ4v) is 2.51. The van der Waals surface area contributed by atoms with E-state index in [2.05, 4.69) is 26.2 Å². The van der Waals surface area contributed by atoms with Crippen LogP contribution in [0.5, 0.6) is 0 Å². The van der Waals surface area contributed by atoms with Gasteiger partial charge in [-0.1, -0.05) is 0 Å². The lowest BCUT2D eigenvalue weighted by molar-refractivity contribution is -0.192. The van der Waals surface area contributed by atoms with Crippen molar-refractivity contribution in [3.05, 3.63) is 28.5 Å². The van der Waals surface area contributed by atoms with Crippen LogP contribution >= 0.6 is 27.5 Å². The van der Waals surface area contributed by atoms with Gasteiger partial charge in [-0.2, -0.15) is 13.2 Å². The number of nitrogens with one attached hydrogen (secondary N) is 1. The molecule has 0 radical (unpaired) electrons. The van der Waals surface area contributed by atoms with E-state index in [-0.39, 0.29) is 12.2 Å². The minimum absolute atomic E-state index is 0.249. The Kier molecular flexibility index (Phi) is 8.34. The fraction of sp³-hybridized carbons (Fsp3) is 0.562. The number of carbonyl (C=O) groups is 2. The lowest BCUT2D eigenvalue weighted by Gasteiger charge is -2.32. The van der Waals surface area contributed by atoms with Crippen molar-refractivity contribution in [3.63, 3.8) is 0 Å². The number of pyridine rings is 1. The maximum Gasteiger partial charge on any atom is 0.414 e. The molecule has 11 heteroatoms. The van der Waals surface area contributed by atoms with Gasteiger partial charge in [-0.3, -0.25) is 9.78 Å². The molecule has 0 saturated carbocycles. The molecule has 152 valence electrons. The maximum atomic E-state index is 13.7. The van der Waals surface area contributed by atoms with E-state index in [1.807, 2.05) is 0 Å². The number of halogens is 5. The van der Waals surface area contributed by atoms with Gasteiger partial charge in [0.05, 0.1) is 5.69 Å². The van der Waals surface area contributed by atoms with Crippen LogP contribution < -0.4 is 5.32 Å². The van der Waals surface area contributed by atoms with Crippen LogP contribution in [-0.2, 0) is 9.53 Å². The summed E-state index contributed by atoms with van der Waals surface area (Å²) < 4.78 is 46.5. The third-order valence-corrected chi connectivity index (χ3v) is 3.81. The first-order valence-corrected chi connectivity index (χ1v) is 9.18. The van der Waals surface area contributed by atoms with Gasteiger partial charge in [0.25, 0.3) is 0 Å². The van der Waals surface area contributed by atoms with Crippen molar-refractivity contribution in [2.45, 2.75) is 38.6 Å². The molecule has 0 aromatic carbocycles. The molecule has 1 atom stereocenters. The van der Waals surface area contributed by atoms with Gasteiger partial charge in [-0.25, -0.2) is 4.79 Å². The zero-order valence-electron chi connectivity index (χ0n) is 14.9. The lowest BCUT2D eigenvalue weighted by Crippen LogP contribution is -2.47. The van der Waals surface area contributed by atoms with Crippen molar-refractivity contribution in [2.75, 3.05) is 19.0 Å². The number of rotatable bonds is 6. The number of aromatic nitrogens is 1. The molecule has 1 aromatic rings. The average molecular weight is 475 g/mol. The molecule has 0 saturated heterocycles. The molecule has 27 heavy (non-hydrogen) atoms.